The third kappa shape index (κ3) is 2.22. The highest BCUT2D eigenvalue weighted by Gasteiger charge is 2.24. The predicted octanol–water partition coefficient (Wildman–Crippen LogP) is 3.54. The van der Waals surface area contributed by atoms with E-state index in [1.165, 1.54) is 12.8 Å². The van der Waals surface area contributed by atoms with Crippen molar-refractivity contribution in [2.24, 2.45) is 0 Å². The SMILES string of the molecule is Cc1ccccc1-n1nc(C(=O)O)cc1C1CCCC1. The second-order valence-corrected chi connectivity index (χ2v) is 5.44. The van der Waals surface area contributed by atoms with Gasteiger partial charge in [0.1, 0.15) is 0 Å². The number of hydrogen-bond acceptors (Lipinski definition) is 2. The zero-order valence-electron chi connectivity index (χ0n) is 11.5. The van der Waals surface area contributed by atoms with Crippen molar-refractivity contribution in [1.82, 2.24) is 9.78 Å². The maximum atomic E-state index is 11.2. The van der Waals surface area contributed by atoms with Crippen LogP contribution in [0.15, 0.2) is 30.3 Å². The second kappa shape index (κ2) is 5.12. The molecule has 2 aromatic rings. The largest absolute Gasteiger partial charge is 0.476 e. The Bertz CT molecular complexity index is 640. The number of aromatic carboxylic acids is 1. The van der Waals surface area contributed by atoms with Crippen molar-refractivity contribution in [1.29, 1.82) is 0 Å². The van der Waals surface area contributed by atoms with Crippen LogP contribution in [0, 0.1) is 6.92 Å². The molecule has 0 spiro atoms. The smallest absolute Gasteiger partial charge is 0.356 e. The van der Waals surface area contributed by atoms with Crippen LogP contribution in [-0.2, 0) is 0 Å². The molecule has 1 saturated carbocycles. The Hall–Kier alpha value is -2.10. The molecule has 4 heteroatoms. The van der Waals surface area contributed by atoms with Gasteiger partial charge in [0.15, 0.2) is 5.69 Å². The fraction of sp³-hybridized carbons (Fsp3) is 0.375. The number of para-hydroxylation sites is 1. The van der Waals surface area contributed by atoms with Crippen LogP contribution in [0.25, 0.3) is 5.69 Å². The van der Waals surface area contributed by atoms with Gasteiger partial charge in [-0.1, -0.05) is 31.0 Å². The van der Waals surface area contributed by atoms with E-state index < -0.39 is 5.97 Å². The van der Waals surface area contributed by atoms with Crippen LogP contribution < -0.4 is 0 Å². The van der Waals surface area contributed by atoms with Gasteiger partial charge in [-0.25, -0.2) is 9.48 Å². The topological polar surface area (TPSA) is 55.1 Å². The van der Waals surface area contributed by atoms with Crippen LogP contribution in [0.5, 0.6) is 0 Å². The minimum absolute atomic E-state index is 0.134. The lowest BCUT2D eigenvalue weighted by Gasteiger charge is -2.14. The summed E-state index contributed by atoms with van der Waals surface area (Å²) in [7, 11) is 0. The number of aromatic nitrogens is 2. The van der Waals surface area contributed by atoms with Gasteiger partial charge in [-0.05, 0) is 37.5 Å². The highest BCUT2D eigenvalue weighted by Crippen LogP contribution is 2.35. The molecule has 0 bridgehead atoms. The molecule has 4 nitrogen and oxygen atoms in total. The number of nitrogens with zero attached hydrogens (tertiary/aromatic N) is 2. The Balaban J connectivity index is 2.13. The minimum atomic E-state index is -0.961. The molecule has 0 unspecified atom stereocenters. The summed E-state index contributed by atoms with van der Waals surface area (Å²) in [6.07, 6.45) is 4.67. The average molecular weight is 270 g/mol. The molecule has 1 N–H and O–H groups in total. The third-order valence-electron chi connectivity index (χ3n) is 4.07. The van der Waals surface area contributed by atoms with Gasteiger partial charge in [-0.3, -0.25) is 0 Å². The summed E-state index contributed by atoms with van der Waals surface area (Å²) in [5, 5.41) is 13.5. The highest BCUT2D eigenvalue weighted by molar-refractivity contribution is 5.85. The minimum Gasteiger partial charge on any atom is -0.476 e. The molecule has 0 aliphatic heterocycles. The first-order valence-electron chi connectivity index (χ1n) is 7.06. The van der Waals surface area contributed by atoms with Gasteiger partial charge >= 0.3 is 5.97 Å². The molecule has 1 aromatic carbocycles. The first-order valence-corrected chi connectivity index (χ1v) is 7.06. The molecule has 0 radical (unpaired) electrons. The summed E-state index contributed by atoms with van der Waals surface area (Å²) in [4.78, 5) is 11.2. The maximum Gasteiger partial charge on any atom is 0.356 e. The zero-order chi connectivity index (χ0) is 14.1. The van der Waals surface area contributed by atoms with Crippen LogP contribution in [0.4, 0.5) is 0 Å². The lowest BCUT2D eigenvalue weighted by molar-refractivity contribution is 0.0690. The number of benzene rings is 1. The molecule has 3 rings (SSSR count). The fourth-order valence-corrected chi connectivity index (χ4v) is 3.01. The lowest BCUT2D eigenvalue weighted by atomic mass is 10.0. The van der Waals surface area contributed by atoms with Gasteiger partial charge in [0.25, 0.3) is 0 Å². The van der Waals surface area contributed by atoms with Crippen LogP contribution >= 0.6 is 0 Å². The first-order chi connectivity index (χ1) is 9.66. The summed E-state index contributed by atoms with van der Waals surface area (Å²) in [5.41, 5.74) is 3.25. The Morgan fingerprint density at radius 3 is 2.65 bits per heavy atom. The van der Waals surface area contributed by atoms with Crippen LogP contribution in [0.2, 0.25) is 0 Å². The molecule has 0 saturated heterocycles. The summed E-state index contributed by atoms with van der Waals surface area (Å²) in [6, 6.07) is 9.70. The van der Waals surface area contributed by atoms with E-state index in [4.69, 9.17) is 0 Å². The van der Waals surface area contributed by atoms with Crippen LogP contribution in [0.3, 0.4) is 0 Å². The van der Waals surface area contributed by atoms with Gasteiger partial charge in [0.05, 0.1) is 5.69 Å². The van der Waals surface area contributed by atoms with Crippen molar-refractivity contribution in [2.75, 3.05) is 0 Å². The molecule has 104 valence electrons. The normalized spacial score (nSPS) is 15.7. The van der Waals surface area contributed by atoms with Crippen molar-refractivity contribution in [3.8, 4) is 5.69 Å². The third-order valence-corrected chi connectivity index (χ3v) is 4.07. The van der Waals surface area contributed by atoms with Crippen molar-refractivity contribution < 1.29 is 9.90 Å². The van der Waals surface area contributed by atoms with E-state index in [-0.39, 0.29) is 5.69 Å². The quantitative estimate of drug-likeness (QED) is 0.928. The van der Waals surface area contributed by atoms with Crippen molar-refractivity contribution >= 4 is 5.97 Å². The van der Waals surface area contributed by atoms with Crippen molar-refractivity contribution in [2.45, 2.75) is 38.5 Å². The van der Waals surface area contributed by atoms with E-state index in [0.717, 1.165) is 29.8 Å². The number of rotatable bonds is 3. The summed E-state index contributed by atoms with van der Waals surface area (Å²) >= 11 is 0. The Morgan fingerprint density at radius 2 is 2.00 bits per heavy atom. The highest BCUT2D eigenvalue weighted by atomic mass is 16.4. The van der Waals surface area contributed by atoms with E-state index in [1.54, 1.807) is 6.07 Å². The van der Waals surface area contributed by atoms with E-state index in [1.807, 2.05) is 35.9 Å². The Kier molecular flexibility index (Phi) is 3.30. The van der Waals surface area contributed by atoms with E-state index >= 15 is 0 Å². The van der Waals surface area contributed by atoms with Crippen LogP contribution in [-0.4, -0.2) is 20.9 Å². The standard InChI is InChI=1S/C16H18N2O2/c1-11-6-2-5-9-14(11)18-15(12-7-3-4-8-12)10-13(17-18)16(19)20/h2,5-6,9-10,12H,3-4,7-8H2,1H3,(H,19,20). The molecule has 0 amide bonds. The lowest BCUT2D eigenvalue weighted by Crippen LogP contribution is -2.07. The zero-order valence-corrected chi connectivity index (χ0v) is 11.5. The first kappa shape index (κ1) is 12.9. The number of aryl methyl sites for hydroxylation is 1. The Labute approximate surface area is 118 Å². The molecule has 1 aromatic heterocycles. The summed E-state index contributed by atoms with van der Waals surface area (Å²) in [5.74, 6) is -0.535. The number of carboxylic acid groups (broad SMARTS) is 1. The Morgan fingerprint density at radius 1 is 1.30 bits per heavy atom. The molecule has 1 fully saturated rings. The monoisotopic (exact) mass is 270 g/mol. The van der Waals surface area contributed by atoms with Gasteiger partial charge in [-0.15, -0.1) is 0 Å². The van der Waals surface area contributed by atoms with Gasteiger partial charge in [-0.2, -0.15) is 5.10 Å². The molecule has 1 aliphatic carbocycles. The summed E-state index contributed by atoms with van der Waals surface area (Å²) < 4.78 is 1.83. The number of hydrogen-bond donors (Lipinski definition) is 1. The van der Waals surface area contributed by atoms with E-state index in [9.17, 15) is 9.90 Å². The van der Waals surface area contributed by atoms with Gasteiger partial charge in [0.2, 0.25) is 0 Å². The number of carboxylic acids is 1. The van der Waals surface area contributed by atoms with Crippen molar-refractivity contribution in [3.05, 3.63) is 47.3 Å². The predicted molar refractivity (Wildman–Crippen MR) is 76.5 cm³/mol. The van der Waals surface area contributed by atoms with E-state index in [2.05, 4.69) is 5.10 Å². The molecule has 1 aliphatic rings. The number of carbonyl (C=O) groups is 1. The van der Waals surface area contributed by atoms with E-state index in [0.29, 0.717) is 5.92 Å². The second-order valence-electron chi connectivity index (χ2n) is 5.44. The molecular weight excluding hydrogens is 252 g/mol. The molecule has 0 atom stereocenters. The average Bonchev–Trinajstić information content (AvgIpc) is 3.08. The molecule has 1 heterocycles. The van der Waals surface area contributed by atoms with Crippen molar-refractivity contribution in [3.63, 3.8) is 0 Å². The summed E-state index contributed by atoms with van der Waals surface area (Å²) in [6.45, 7) is 2.02. The molecule has 20 heavy (non-hydrogen) atoms. The maximum absolute atomic E-state index is 11.2. The van der Waals surface area contributed by atoms with Gasteiger partial charge < -0.3 is 5.11 Å². The fourth-order valence-electron chi connectivity index (χ4n) is 3.01. The van der Waals surface area contributed by atoms with Crippen LogP contribution in [0.1, 0.15) is 53.3 Å². The van der Waals surface area contributed by atoms with Gasteiger partial charge in [0, 0.05) is 11.6 Å². The molecular formula is C16H18N2O2.